The van der Waals surface area contributed by atoms with Gasteiger partial charge in [-0.1, -0.05) is 6.07 Å². The van der Waals surface area contributed by atoms with Gasteiger partial charge in [0.25, 0.3) is 0 Å². The van der Waals surface area contributed by atoms with E-state index in [9.17, 15) is 13.2 Å². The highest BCUT2D eigenvalue weighted by atomic mass is 32.2. The van der Waals surface area contributed by atoms with Gasteiger partial charge in [-0.25, -0.2) is 8.42 Å². The Labute approximate surface area is 224 Å². The summed E-state index contributed by atoms with van der Waals surface area (Å²) < 4.78 is 41.9. The van der Waals surface area contributed by atoms with Crippen LogP contribution in [0, 0.1) is 0 Å². The highest BCUT2D eigenvalue weighted by molar-refractivity contribution is 7.92. The highest BCUT2D eigenvalue weighted by Crippen LogP contribution is 2.65. The maximum absolute atomic E-state index is 13.0. The topological polar surface area (TPSA) is 132 Å². The number of aromatic nitrogens is 2. The molecule has 200 valence electrons. The predicted molar refractivity (Wildman–Crippen MR) is 145 cm³/mol. The van der Waals surface area contributed by atoms with Crippen molar-refractivity contribution in [3.8, 4) is 11.5 Å². The van der Waals surface area contributed by atoms with Gasteiger partial charge >= 0.3 is 0 Å². The second-order valence-electron chi connectivity index (χ2n) is 10.1. The van der Waals surface area contributed by atoms with E-state index in [0.717, 1.165) is 33.5 Å². The number of nitrogens with zero attached hydrogens (tertiary/aromatic N) is 1. The summed E-state index contributed by atoms with van der Waals surface area (Å²) in [4.78, 5) is 13.2. The summed E-state index contributed by atoms with van der Waals surface area (Å²) in [6.45, 7) is 0.444. The van der Waals surface area contributed by atoms with Crippen molar-refractivity contribution in [1.29, 1.82) is 0 Å². The number of amides is 1. The first-order chi connectivity index (χ1) is 18.8. The van der Waals surface area contributed by atoms with Crippen molar-refractivity contribution in [2.24, 2.45) is 0 Å². The molecule has 3 atom stereocenters. The zero-order valence-electron chi connectivity index (χ0n) is 21.3. The Hall–Kier alpha value is -4.09. The van der Waals surface area contributed by atoms with Crippen LogP contribution in [-0.4, -0.2) is 50.8 Å². The molecule has 3 aliphatic rings. The van der Waals surface area contributed by atoms with Crippen molar-refractivity contribution in [1.82, 2.24) is 10.2 Å². The molecule has 2 fully saturated rings. The third-order valence-corrected chi connectivity index (χ3v) is 10.0. The molecule has 1 aliphatic carbocycles. The van der Waals surface area contributed by atoms with E-state index in [-0.39, 0.29) is 16.7 Å². The molecule has 11 heteroatoms. The molecule has 3 N–H and O–H groups in total. The lowest BCUT2D eigenvalue weighted by atomic mass is 9.91. The smallest absolute Gasteiger partial charge is 0.235 e. The van der Waals surface area contributed by atoms with Crippen LogP contribution in [0.15, 0.2) is 59.5 Å². The van der Waals surface area contributed by atoms with Gasteiger partial charge in [0.15, 0.2) is 11.3 Å². The lowest BCUT2D eigenvalue weighted by molar-refractivity contribution is -0.118. The Bertz CT molecular complexity index is 1760. The maximum Gasteiger partial charge on any atom is 0.235 e. The first-order valence-electron chi connectivity index (χ1n) is 12.6. The number of hydrogen-bond donors (Lipinski definition) is 3. The standard InChI is InChI=1S/C28H26N4O6S/c1-36-16-4-7-21-19(12-16)28(27(33)30-21)14-20(28)15-3-6-18-22(11-15)31-32-26(18)29-23-13-17(5-8-24(23)37-2)39(34,35)25-9-10-38-25/h3-8,11-13,20,25H,9-10,14H2,1-2H3,(H,30,33)(H2,29,31,32)/t20-,25?,28-/m0/s1. The monoisotopic (exact) mass is 546 g/mol. The molecule has 1 unspecified atom stereocenters. The summed E-state index contributed by atoms with van der Waals surface area (Å²) in [5.41, 5.74) is 2.70. The number of sulfone groups is 1. The van der Waals surface area contributed by atoms with Crippen LogP contribution in [0.3, 0.4) is 0 Å². The van der Waals surface area contributed by atoms with Gasteiger partial charge < -0.3 is 24.8 Å². The Balaban J connectivity index is 1.19. The molecule has 1 saturated carbocycles. The van der Waals surface area contributed by atoms with E-state index in [0.29, 0.717) is 36.7 Å². The van der Waals surface area contributed by atoms with Crippen molar-refractivity contribution in [2.75, 3.05) is 31.5 Å². The SMILES string of the molecule is COc1ccc2c(c1)[C@]1(C[C@H]1c1ccc3c(Nc4cc(S(=O)(=O)C5CCO5)ccc4OC)n[nH]c3c1)C(=O)N2. The van der Waals surface area contributed by atoms with E-state index >= 15 is 0 Å². The van der Waals surface area contributed by atoms with E-state index in [2.05, 4.69) is 20.8 Å². The van der Waals surface area contributed by atoms with Crippen molar-refractivity contribution in [2.45, 2.75) is 34.5 Å². The second-order valence-corrected chi connectivity index (χ2v) is 12.2. The second kappa shape index (κ2) is 8.45. The van der Waals surface area contributed by atoms with Crippen molar-refractivity contribution < 1.29 is 27.4 Å². The molecule has 39 heavy (non-hydrogen) atoms. The summed E-state index contributed by atoms with van der Waals surface area (Å²) in [7, 11) is -0.463. The number of nitrogens with one attached hydrogen (secondary N) is 3. The van der Waals surface area contributed by atoms with Crippen LogP contribution in [-0.2, 0) is 24.8 Å². The number of carbonyl (C=O) groups excluding carboxylic acids is 1. The number of rotatable bonds is 7. The average molecular weight is 547 g/mol. The summed E-state index contributed by atoms with van der Waals surface area (Å²) in [6.07, 6.45) is 1.19. The minimum atomic E-state index is -3.61. The van der Waals surface area contributed by atoms with Gasteiger partial charge in [0, 0.05) is 23.4 Å². The molecule has 1 spiro atoms. The van der Waals surface area contributed by atoms with Crippen LogP contribution >= 0.6 is 0 Å². The van der Waals surface area contributed by atoms with Crippen LogP contribution in [0.5, 0.6) is 11.5 Å². The van der Waals surface area contributed by atoms with E-state index in [1.807, 2.05) is 36.4 Å². The lowest BCUT2D eigenvalue weighted by Gasteiger charge is -2.26. The molecule has 1 saturated heterocycles. The molecule has 0 radical (unpaired) electrons. The van der Waals surface area contributed by atoms with E-state index < -0.39 is 20.7 Å². The normalized spacial score (nSPS) is 23.3. The van der Waals surface area contributed by atoms with Crippen LogP contribution < -0.4 is 20.1 Å². The average Bonchev–Trinajstić information content (AvgIpc) is 3.45. The van der Waals surface area contributed by atoms with E-state index in [1.54, 1.807) is 19.2 Å². The number of hydrogen-bond acceptors (Lipinski definition) is 8. The number of methoxy groups -OCH3 is 2. The van der Waals surface area contributed by atoms with Gasteiger partial charge in [-0.05, 0) is 66.1 Å². The zero-order chi connectivity index (χ0) is 26.9. The van der Waals surface area contributed by atoms with Gasteiger partial charge in [-0.2, -0.15) is 5.10 Å². The Morgan fingerprint density at radius 3 is 2.67 bits per heavy atom. The molecule has 10 nitrogen and oxygen atoms in total. The quantitative estimate of drug-likeness (QED) is 0.314. The fourth-order valence-electron chi connectivity index (χ4n) is 5.75. The Kier molecular flexibility index (Phi) is 5.20. The molecule has 0 bridgehead atoms. The van der Waals surface area contributed by atoms with Gasteiger partial charge in [-0.3, -0.25) is 9.89 Å². The molecule has 3 aromatic carbocycles. The van der Waals surface area contributed by atoms with Gasteiger partial charge in [0.2, 0.25) is 15.7 Å². The van der Waals surface area contributed by atoms with Crippen molar-refractivity contribution in [3.63, 3.8) is 0 Å². The Morgan fingerprint density at radius 1 is 1.08 bits per heavy atom. The summed E-state index contributed by atoms with van der Waals surface area (Å²) in [5.74, 6) is 1.78. The lowest BCUT2D eigenvalue weighted by Crippen LogP contribution is -2.34. The summed E-state index contributed by atoms with van der Waals surface area (Å²) in [6, 6.07) is 16.4. The number of anilines is 3. The number of carbonyl (C=O) groups is 1. The number of benzene rings is 3. The first kappa shape index (κ1) is 24.0. The first-order valence-corrected chi connectivity index (χ1v) is 14.2. The molecule has 3 heterocycles. The molecule has 7 rings (SSSR count). The summed E-state index contributed by atoms with van der Waals surface area (Å²) in [5, 5.41) is 14.6. The number of ether oxygens (including phenoxy) is 3. The van der Waals surface area contributed by atoms with Crippen molar-refractivity contribution >= 4 is 43.8 Å². The van der Waals surface area contributed by atoms with Gasteiger partial charge in [-0.15, -0.1) is 0 Å². The summed E-state index contributed by atoms with van der Waals surface area (Å²) >= 11 is 0. The van der Waals surface area contributed by atoms with E-state index in [4.69, 9.17) is 14.2 Å². The zero-order valence-corrected chi connectivity index (χ0v) is 22.1. The minimum Gasteiger partial charge on any atom is -0.497 e. The molecule has 2 aliphatic heterocycles. The molecular weight excluding hydrogens is 520 g/mol. The highest BCUT2D eigenvalue weighted by Gasteiger charge is 2.65. The largest absolute Gasteiger partial charge is 0.497 e. The van der Waals surface area contributed by atoms with E-state index in [1.165, 1.54) is 13.2 Å². The molecule has 4 aromatic rings. The Morgan fingerprint density at radius 2 is 1.92 bits per heavy atom. The third kappa shape index (κ3) is 3.53. The van der Waals surface area contributed by atoms with Crippen LogP contribution in [0.4, 0.5) is 17.2 Å². The fourth-order valence-corrected chi connectivity index (χ4v) is 7.27. The fraction of sp³-hybridized carbons (Fsp3) is 0.286. The maximum atomic E-state index is 13.0. The van der Waals surface area contributed by atoms with Gasteiger partial charge in [0.05, 0.1) is 42.3 Å². The minimum absolute atomic E-state index is 0.0112. The molecule has 1 aromatic heterocycles. The van der Waals surface area contributed by atoms with Crippen molar-refractivity contribution in [3.05, 3.63) is 65.7 Å². The molecular formula is C28H26N4O6S. The van der Waals surface area contributed by atoms with Crippen LogP contribution in [0.2, 0.25) is 0 Å². The number of H-pyrrole nitrogens is 1. The van der Waals surface area contributed by atoms with Crippen LogP contribution in [0.1, 0.15) is 29.9 Å². The van der Waals surface area contributed by atoms with Crippen LogP contribution in [0.25, 0.3) is 10.9 Å². The number of fused-ring (bicyclic) bond motifs is 3. The third-order valence-electron chi connectivity index (χ3n) is 8.07. The van der Waals surface area contributed by atoms with Gasteiger partial charge in [0.1, 0.15) is 11.5 Å². The predicted octanol–water partition coefficient (Wildman–Crippen LogP) is 4.22. The number of aromatic amines is 1. The molecule has 1 amide bonds.